The van der Waals surface area contributed by atoms with E-state index in [4.69, 9.17) is 0 Å². The molecule has 8 heteroatoms. The second-order valence-corrected chi connectivity index (χ2v) is 8.54. The largest absolute Gasteiger partial charge is 0.315 e. The molecule has 0 atom stereocenters. The first-order chi connectivity index (χ1) is 11.5. The number of anilines is 1. The van der Waals surface area contributed by atoms with E-state index in [0.29, 0.717) is 0 Å². The Kier molecular flexibility index (Phi) is 4.88. The summed E-state index contributed by atoms with van der Waals surface area (Å²) in [5.41, 5.74) is 3.11. The predicted molar refractivity (Wildman–Crippen MR) is 102 cm³/mol. The highest BCUT2D eigenvalue weighted by Gasteiger charge is 2.18. The summed E-state index contributed by atoms with van der Waals surface area (Å²) in [5.74, 6) is 0.718. The van der Waals surface area contributed by atoms with Crippen LogP contribution in [0.2, 0.25) is 0 Å². The molecule has 0 aliphatic rings. The lowest BCUT2D eigenvalue weighted by Gasteiger charge is -2.14. The number of hydrogen-bond donors (Lipinski definition) is 2. The van der Waals surface area contributed by atoms with Crippen molar-refractivity contribution in [1.29, 1.82) is 0 Å². The molecule has 24 heavy (non-hydrogen) atoms. The Hall–Kier alpha value is -1.90. The summed E-state index contributed by atoms with van der Waals surface area (Å²) in [6, 6.07) is 2.15. The van der Waals surface area contributed by atoms with E-state index in [0.717, 1.165) is 27.6 Å². The fourth-order valence-corrected chi connectivity index (χ4v) is 3.96. The monoisotopic (exact) mass is 360 g/mol. The van der Waals surface area contributed by atoms with Gasteiger partial charge in [0.2, 0.25) is 0 Å². The third kappa shape index (κ3) is 3.77. The zero-order valence-electron chi connectivity index (χ0n) is 14.1. The summed E-state index contributed by atoms with van der Waals surface area (Å²) in [4.78, 5) is 16.4. The average molecular weight is 361 g/mol. The van der Waals surface area contributed by atoms with Crippen LogP contribution in [0.1, 0.15) is 35.5 Å². The summed E-state index contributed by atoms with van der Waals surface area (Å²) in [6.07, 6.45) is 5.15. The van der Waals surface area contributed by atoms with Gasteiger partial charge in [-0.05, 0) is 18.5 Å². The molecule has 3 heterocycles. The molecule has 3 aromatic heterocycles. The van der Waals surface area contributed by atoms with Gasteiger partial charge in [0.15, 0.2) is 5.82 Å². The molecule has 0 aliphatic carbocycles. The van der Waals surface area contributed by atoms with Gasteiger partial charge in [0.1, 0.15) is 16.2 Å². The maximum atomic E-state index is 4.36. The number of hydrazone groups is 1. The molecular weight excluding hydrogens is 340 g/mol. The number of rotatable bonds is 5. The maximum Gasteiger partial charge on any atom is 0.158 e. The van der Waals surface area contributed by atoms with Crippen molar-refractivity contribution in [3.63, 3.8) is 0 Å². The molecule has 2 N–H and O–H groups in total. The third-order valence-electron chi connectivity index (χ3n) is 3.34. The van der Waals surface area contributed by atoms with E-state index in [2.05, 4.69) is 57.6 Å². The Labute approximate surface area is 149 Å². The van der Waals surface area contributed by atoms with Gasteiger partial charge in [-0.1, -0.05) is 20.8 Å². The number of hydrogen-bond acceptors (Lipinski definition) is 8. The molecule has 126 valence electrons. The molecule has 3 aromatic rings. The fraction of sp³-hybridized carbons (Fsp3) is 0.375. The lowest BCUT2D eigenvalue weighted by atomic mass is 9.94. The van der Waals surface area contributed by atoms with Gasteiger partial charge >= 0.3 is 0 Å². The van der Waals surface area contributed by atoms with E-state index in [-0.39, 0.29) is 5.41 Å². The number of nitrogens with one attached hydrogen (secondary N) is 2. The van der Waals surface area contributed by atoms with Crippen LogP contribution in [0, 0.1) is 0 Å². The van der Waals surface area contributed by atoms with Crippen molar-refractivity contribution in [2.24, 2.45) is 5.10 Å². The number of aromatic nitrogens is 3. The van der Waals surface area contributed by atoms with Crippen LogP contribution >= 0.6 is 22.7 Å². The molecule has 0 aromatic carbocycles. The molecule has 0 radical (unpaired) electrons. The first kappa shape index (κ1) is 16.9. The quantitative estimate of drug-likeness (QED) is 0.537. The van der Waals surface area contributed by atoms with Gasteiger partial charge in [0, 0.05) is 22.5 Å². The summed E-state index contributed by atoms with van der Waals surface area (Å²) < 4.78 is 0. The van der Waals surface area contributed by atoms with Crippen LogP contribution in [0.15, 0.2) is 23.7 Å². The predicted octanol–water partition coefficient (Wildman–Crippen LogP) is 3.61. The summed E-state index contributed by atoms with van der Waals surface area (Å²) in [7, 11) is 1.92. The van der Waals surface area contributed by atoms with Crippen LogP contribution in [0.25, 0.3) is 10.2 Å². The number of nitrogens with zero attached hydrogens (tertiary/aromatic N) is 4. The smallest absolute Gasteiger partial charge is 0.158 e. The van der Waals surface area contributed by atoms with Crippen LogP contribution in [0.3, 0.4) is 0 Å². The van der Waals surface area contributed by atoms with Gasteiger partial charge in [-0.3, -0.25) is 5.43 Å². The standard InChI is InChI=1S/C16H20N6S2/c1-16(2,3)12-5-11-14(19-9-20-15(11)24-12)22-21-8-13-18-7-10(23-13)6-17-4/h5,7-9,17H,6H2,1-4H3,(H,19,20,22)/b21-8+. The van der Waals surface area contributed by atoms with Crippen LogP contribution in [0.4, 0.5) is 5.82 Å². The lowest BCUT2D eigenvalue weighted by Crippen LogP contribution is -2.07. The fourth-order valence-electron chi connectivity index (χ4n) is 2.10. The van der Waals surface area contributed by atoms with Crippen LogP contribution < -0.4 is 10.7 Å². The lowest BCUT2D eigenvalue weighted by molar-refractivity contribution is 0.604. The Balaban J connectivity index is 1.79. The van der Waals surface area contributed by atoms with E-state index in [1.165, 1.54) is 9.75 Å². The highest BCUT2D eigenvalue weighted by atomic mass is 32.1. The SMILES string of the molecule is CNCc1cnc(/C=N/Nc2ncnc3sc(C(C)(C)C)cc23)s1. The molecule has 0 saturated heterocycles. The first-order valence-corrected chi connectivity index (χ1v) is 9.24. The second kappa shape index (κ2) is 6.92. The van der Waals surface area contributed by atoms with Crippen LogP contribution in [0.5, 0.6) is 0 Å². The molecule has 0 bridgehead atoms. The van der Waals surface area contributed by atoms with Gasteiger partial charge in [-0.25, -0.2) is 15.0 Å². The zero-order chi connectivity index (χ0) is 17.2. The van der Waals surface area contributed by atoms with Crippen molar-refractivity contribution in [3.8, 4) is 0 Å². The van der Waals surface area contributed by atoms with Crippen molar-refractivity contribution in [2.75, 3.05) is 12.5 Å². The highest BCUT2D eigenvalue weighted by Crippen LogP contribution is 2.35. The second-order valence-electron chi connectivity index (χ2n) is 6.37. The van der Waals surface area contributed by atoms with Crippen LogP contribution in [-0.4, -0.2) is 28.2 Å². The van der Waals surface area contributed by atoms with Gasteiger partial charge in [0.05, 0.1) is 11.6 Å². The number of thiazole rings is 1. The van der Waals surface area contributed by atoms with E-state index in [1.807, 2.05) is 13.2 Å². The Bertz CT molecular complexity index is 859. The van der Waals surface area contributed by atoms with Gasteiger partial charge in [-0.2, -0.15) is 5.10 Å². The molecule has 0 fully saturated rings. The Morgan fingerprint density at radius 2 is 2.04 bits per heavy atom. The van der Waals surface area contributed by atoms with Crippen LogP contribution in [-0.2, 0) is 12.0 Å². The third-order valence-corrected chi connectivity index (χ3v) is 5.74. The van der Waals surface area contributed by atoms with Gasteiger partial charge in [-0.15, -0.1) is 22.7 Å². The highest BCUT2D eigenvalue weighted by molar-refractivity contribution is 7.18. The van der Waals surface area contributed by atoms with E-state index in [1.54, 1.807) is 35.2 Å². The topological polar surface area (TPSA) is 75.1 Å². The summed E-state index contributed by atoms with van der Waals surface area (Å²) in [5, 5.41) is 9.24. The summed E-state index contributed by atoms with van der Waals surface area (Å²) in [6.45, 7) is 7.40. The van der Waals surface area contributed by atoms with E-state index in [9.17, 15) is 0 Å². The van der Waals surface area contributed by atoms with Crippen molar-refractivity contribution in [2.45, 2.75) is 32.7 Å². The molecule has 0 amide bonds. The molecule has 3 rings (SSSR count). The molecular formula is C16H20N6S2. The zero-order valence-corrected chi connectivity index (χ0v) is 15.8. The van der Waals surface area contributed by atoms with Crippen molar-refractivity contribution >= 4 is 44.9 Å². The average Bonchev–Trinajstić information content (AvgIpc) is 3.14. The van der Waals surface area contributed by atoms with Crippen molar-refractivity contribution in [3.05, 3.63) is 33.4 Å². The minimum atomic E-state index is 0.0938. The molecule has 0 saturated carbocycles. The first-order valence-electron chi connectivity index (χ1n) is 7.61. The minimum Gasteiger partial charge on any atom is -0.315 e. The van der Waals surface area contributed by atoms with Gasteiger partial charge < -0.3 is 5.32 Å². The summed E-state index contributed by atoms with van der Waals surface area (Å²) >= 11 is 3.31. The number of fused-ring (bicyclic) bond motifs is 1. The number of thiophene rings is 1. The van der Waals surface area contributed by atoms with E-state index >= 15 is 0 Å². The van der Waals surface area contributed by atoms with Gasteiger partial charge in [0.25, 0.3) is 0 Å². The minimum absolute atomic E-state index is 0.0938. The van der Waals surface area contributed by atoms with E-state index < -0.39 is 0 Å². The maximum absolute atomic E-state index is 4.36. The molecule has 0 spiro atoms. The normalized spacial score (nSPS) is 12.3. The molecule has 6 nitrogen and oxygen atoms in total. The molecule has 0 aliphatic heterocycles. The Morgan fingerprint density at radius 1 is 1.21 bits per heavy atom. The molecule has 0 unspecified atom stereocenters. The van der Waals surface area contributed by atoms with Crippen molar-refractivity contribution in [1.82, 2.24) is 20.3 Å². The Morgan fingerprint density at radius 3 is 2.79 bits per heavy atom. The van der Waals surface area contributed by atoms with Crippen molar-refractivity contribution < 1.29 is 0 Å².